The van der Waals surface area contributed by atoms with E-state index in [1.54, 1.807) is 11.1 Å². The topological polar surface area (TPSA) is 12.0 Å². The van der Waals surface area contributed by atoms with Gasteiger partial charge in [0.05, 0.1) is 0 Å². The van der Waals surface area contributed by atoms with E-state index in [1.165, 1.54) is 38.6 Å². The molecule has 86 valence electrons. The van der Waals surface area contributed by atoms with Gasteiger partial charge in [0.2, 0.25) is 0 Å². The van der Waals surface area contributed by atoms with Crippen molar-refractivity contribution in [2.75, 3.05) is 6.54 Å². The highest BCUT2D eigenvalue weighted by Gasteiger charge is 2.37. The molecule has 0 aromatic heterocycles. The van der Waals surface area contributed by atoms with Gasteiger partial charge < -0.3 is 5.32 Å². The molecule has 0 amide bonds. The summed E-state index contributed by atoms with van der Waals surface area (Å²) < 4.78 is 0. The maximum Gasteiger partial charge on any atom is 0.0154 e. The lowest BCUT2D eigenvalue weighted by Crippen LogP contribution is -2.33. The summed E-state index contributed by atoms with van der Waals surface area (Å²) in [6.07, 6.45) is 6.73. The summed E-state index contributed by atoms with van der Waals surface area (Å²) in [5, 5.41) is 3.74. The summed E-state index contributed by atoms with van der Waals surface area (Å²) in [5.74, 6) is 0.752. The van der Waals surface area contributed by atoms with Crippen molar-refractivity contribution in [3.63, 3.8) is 0 Å². The minimum Gasteiger partial charge on any atom is -0.311 e. The number of hydrogen-bond acceptors (Lipinski definition) is 1. The van der Waals surface area contributed by atoms with Crippen LogP contribution in [0.25, 0.3) is 0 Å². The van der Waals surface area contributed by atoms with Gasteiger partial charge in [-0.25, -0.2) is 0 Å². The number of hydrogen-bond donors (Lipinski definition) is 1. The lowest BCUT2D eigenvalue weighted by molar-refractivity contribution is 0.457. The molecule has 1 saturated carbocycles. The fourth-order valence-electron chi connectivity index (χ4n) is 2.80. The molecule has 1 nitrogen and oxygen atoms in total. The molecule has 1 aromatic rings. The van der Waals surface area contributed by atoms with Crippen LogP contribution in [0, 0.1) is 0 Å². The van der Waals surface area contributed by atoms with Crippen molar-refractivity contribution in [2.24, 2.45) is 0 Å². The first-order valence-electron chi connectivity index (χ1n) is 6.60. The van der Waals surface area contributed by atoms with Gasteiger partial charge in [0.15, 0.2) is 0 Å². The van der Waals surface area contributed by atoms with Crippen LogP contribution in [0.3, 0.4) is 0 Å². The van der Waals surface area contributed by atoms with Crippen molar-refractivity contribution in [3.05, 3.63) is 35.4 Å². The van der Waals surface area contributed by atoms with Crippen molar-refractivity contribution in [1.82, 2.24) is 5.32 Å². The van der Waals surface area contributed by atoms with Crippen LogP contribution in [0.4, 0.5) is 0 Å². The zero-order chi connectivity index (χ0) is 11.0. The Labute approximate surface area is 98.3 Å². The lowest BCUT2D eigenvalue weighted by Gasteiger charge is -2.27. The zero-order valence-electron chi connectivity index (χ0n) is 10.1. The molecular weight excluding hydrogens is 194 g/mol. The van der Waals surface area contributed by atoms with Gasteiger partial charge >= 0.3 is 0 Å². The van der Waals surface area contributed by atoms with Crippen molar-refractivity contribution in [3.8, 4) is 0 Å². The van der Waals surface area contributed by atoms with Crippen LogP contribution in [-0.2, 0) is 6.42 Å². The Morgan fingerprint density at radius 1 is 1.31 bits per heavy atom. The van der Waals surface area contributed by atoms with Gasteiger partial charge in [0.1, 0.15) is 0 Å². The van der Waals surface area contributed by atoms with Gasteiger partial charge in [-0.1, -0.05) is 24.3 Å². The number of benzene rings is 1. The molecule has 0 saturated heterocycles. The standard InChI is InChI=1S/C15H21N/c1-15(9-10-15)16-11-13-7-4-6-12-5-2-3-8-14(12)13/h2-3,5,8,13,16H,4,6-7,9-11H2,1H3. The van der Waals surface area contributed by atoms with Crippen molar-refractivity contribution in [2.45, 2.75) is 50.5 Å². The summed E-state index contributed by atoms with van der Waals surface area (Å²) in [6.45, 7) is 3.52. The largest absolute Gasteiger partial charge is 0.311 e. The second-order valence-electron chi connectivity index (χ2n) is 5.73. The average Bonchev–Trinajstić information content (AvgIpc) is 3.05. The quantitative estimate of drug-likeness (QED) is 0.816. The van der Waals surface area contributed by atoms with Gasteiger partial charge in [0.25, 0.3) is 0 Å². The fourth-order valence-corrected chi connectivity index (χ4v) is 2.80. The van der Waals surface area contributed by atoms with E-state index in [9.17, 15) is 0 Å². The molecule has 1 aromatic carbocycles. The van der Waals surface area contributed by atoms with Crippen LogP contribution in [0.2, 0.25) is 0 Å². The van der Waals surface area contributed by atoms with E-state index in [0.29, 0.717) is 5.54 Å². The molecule has 0 bridgehead atoms. The second-order valence-corrected chi connectivity index (χ2v) is 5.73. The van der Waals surface area contributed by atoms with Crippen LogP contribution in [0.5, 0.6) is 0 Å². The smallest absolute Gasteiger partial charge is 0.0154 e. The summed E-state index contributed by atoms with van der Waals surface area (Å²) in [6, 6.07) is 9.00. The van der Waals surface area contributed by atoms with Gasteiger partial charge in [-0.05, 0) is 56.1 Å². The SMILES string of the molecule is CC1(NCC2CCCc3ccccc32)CC1. The molecular formula is C15H21N. The molecule has 16 heavy (non-hydrogen) atoms. The second kappa shape index (κ2) is 3.89. The average molecular weight is 215 g/mol. The Hall–Kier alpha value is -0.820. The van der Waals surface area contributed by atoms with Gasteiger partial charge in [-0.15, -0.1) is 0 Å². The summed E-state index contributed by atoms with van der Waals surface area (Å²) >= 11 is 0. The Kier molecular flexibility index (Phi) is 2.51. The first kappa shape index (κ1) is 10.3. The minimum absolute atomic E-state index is 0.479. The van der Waals surface area contributed by atoms with Crippen LogP contribution in [0.1, 0.15) is 49.7 Å². The van der Waals surface area contributed by atoms with E-state index in [-0.39, 0.29) is 0 Å². The van der Waals surface area contributed by atoms with E-state index >= 15 is 0 Å². The third-order valence-electron chi connectivity index (χ3n) is 4.27. The van der Waals surface area contributed by atoms with E-state index in [1.807, 2.05) is 0 Å². The highest BCUT2D eigenvalue weighted by atomic mass is 15.0. The Morgan fingerprint density at radius 3 is 2.94 bits per heavy atom. The van der Waals surface area contributed by atoms with E-state index < -0.39 is 0 Å². The number of fused-ring (bicyclic) bond motifs is 1. The molecule has 0 spiro atoms. The van der Waals surface area contributed by atoms with Crippen LogP contribution < -0.4 is 5.32 Å². The summed E-state index contributed by atoms with van der Waals surface area (Å²) in [5.41, 5.74) is 3.67. The predicted molar refractivity (Wildman–Crippen MR) is 67.8 cm³/mol. The van der Waals surface area contributed by atoms with E-state index in [4.69, 9.17) is 0 Å². The number of aryl methyl sites for hydroxylation is 1. The third-order valence-corrected chi connectivity index (χ3v) is 4.27. The highest BCUT2D eigenvalue weighted by molar-refractivity contribution is 5.32. The first-order valence-corrected chi connectivity index (χ1v) is 6.60. The third kappa shape index (κ3) is 2.01. The number of rotatable bonds is 3. The fraction of sp³-hybridized carbons (Fsp3) is 0.600. The van der Waals surface area contributed by atoms with Gasteiger partial charge in [-0.3, -0.25) is 0 Å². The molecule has 0 radical (unpaired) electrons. The Balaban J connectivity index is 1.71. The van der Waals surface area contributed by atoms with Gasteiger partial charge in [0, 0.05) is 12.1 Å². The molecule has 1 atom stereocenters. The monoisotopic (exact) mass is 215 g/mol. The van der Waals surface area contributed by atoms with Crippen LogP contribution in [-0.4, -0.2) is 12.1 Å². The van der Waals surface area contributed by atoms with E-state index in [2.05, 4.69) is 36.5 Å². The van der Waals surface area contributed by atoms with Crippen LogP contribution in [0.15, 0.2) is 24.3 Å². The molecule has 3 rings (SSSR count). The molecule has 1 heteroatoms. The van der Waals surface area contributed by atoms with Crippen molar-refractivity contribution in [1.29, 1.82) is 0 Å². The van der Waals surface area contributed by atoms with E-state index in [0.717, 1.165) is 5.92 Å². The summed E-state index contributed by atoms with van der Waals surface area (Å²) in [4.78, 5) is 0. The number of nitrogens with one attached hydrogen (secondary N) is 1. The zero-order valence-corrected chi connectivity index (χ0v) is 10.1. The molecule has 0 heterocycles. The molecule has 2 aliphatic rings. The molecule has 2 aliphatic carbocycles. The molecule has 1 fully saturated rings. The van der Waals surface area contributed by atoms with Crippen LogP contribution >= 0.6 is 0 Å². The normalized spacial score (nSPS) is 26.2. The molecule has 1 N–H and O–H groups in total. The summed E-state index contributed by atoms with van der Waals surface area (Å²) in [7, 11) is 0. The first-order chi connectivity index (χ1) is 7.77. The lowest BCUT2D eigenvalue weighted by atomic mass is 9.83. The molecule has 1 unspecified atom stereocenters. The maximum atomic E-state index is 3.74. The predicted octanol–water partition coefficient (Wildman–Crippen LogP) is 3.25. The molecule has 0 aliphatic heterocycles. The van der Waals surface area contributed by atoms with Crippen molar-refractivity contribution >= 4 is 0 Å². The Bertz CT molecular complexity index is 379. The maximum absolute atomic E-state index is 3.74. The highest BCUT2D eigenvalue weighted by Crippen LogP contribution is 2.36. The Morgan fingerprint density at radius 2 is 2.12 bits per heavy atom. The minimum atomic E-state index is 0.479. The van der Waals surface area contributed by atoms with Crippen molar-refractivity contribution < 1.29 is 0 Å². The van der Waals surface area contributed by atoms with Gasteiger partial charge in [-0.2, -0.15) is 0 Å².